The molecule has 0 fully saturated rings. The van der Waals surface area contributed by atoms with Gasteiger partial charge in [-0.25, -0.2) is 0 Å². The van der Waals surface area contributed by atoms with Gasteiger partial charge in [0, 0.05) is 10.6 Å². The van der Waals surface area contributed by atoms with Gasteiger partial charge in [-0.2, -0.15) is 0 Å². The van der Waals surface area contributed by atoms with Gasteiger partial charge < -0.3 is 5.32 Å². The second-order valence-corrected chi connectivity index (χ2v) is 6.25. The number of hydrogen-bond acceptors (Lipinski definition) is 3. The largest absolute Gasteiger partial charge is 0.318 e. The third-order valence-electron chi connectivity index (χ3n) is 3.42. The molecular weight excluding hydrogens is 306 g/mol. The van der Waals surface area contributed by atoms with E-state index in [1.54, 1.807) is 23.9 Å². The van der Waals surface area contributed by atoms with E-state index in [1.807, 2.05) is 12.1 Å². The first kappa shape index (κ1) is 14.2. The van der Waals surface area contributed by atoms with Gasteiger partial charge in [0.15, 0.2) is 0 Å². The third kappa shape index (κ3) is 2.69. The van der Waals surface area contributed by atoms with Crippen LogP contribution in [0.3, 0.4) is 0 Å². The number of carbonyl (C=O) groups is 2. The minimum absolute atomic E-state index is 0.352. The average molecular weight is 318 g/mol. The average Bonchev–Trinajstić information content (AvgIpc) is 2.73. The number of anilines is 1. The fraction of sp³-hybridized carbons (Fsp3) is 0.125. The van der Waals surface area contributed by atoms with Crippen LogP contribution in [-0.2, 0) is 10.5 Å². The summed E-state index contributed by atoms with van der Waals surface area (Å²) in [6.45, 7) is 2.07. The fourth-order valence-corrected chi connectivity index (χ4v) is 3.54. The fourth-order valence-electron chi connectivity index (χ4n) is 2.18. The highest BCUT2D eigenvalue weighted by Gasteiger charge is 2.29. The Kier molecular flexibility index (Phi) is 3.74. The lowest BCUT2D eigenvalue weighted by Gasteiger charge is -2.08. The van der Waals surface area contributed by atoms with Gasteiger partial charge in [0.25, 0.3) is 11.7 Å². The molecule has 106 valence electrons. The van der Waals surface area contributed by atoms with Crippen LogP contribution < -0.4 is 5.32 Å². The second-order valence-electron chi connectivity index (χ2n) is 4.83. The summed E-state index contributed by atoms with van der Waals surface area (Å²) in [5, 5.41) is 3.06. The molecule has 2 aromatic carbocycles. The summed E-state index contributed by atoms with van der Waals surface area (Å²) >= 11 is 7.80. The molecule has 1 aliphatic heterocycles. The molecule has 1 heterocycles. The molecule has 0 aromatic heterocycles. The van der Waals surface area contributed by atoms with E-state index in [2.05, 4.69) is 24.4 Å². The normalized spacial score (nSPS) is 13.2. The summed E-state index contributed by atoms with van der Waals surface area (Å²) in [7, 11) is 0. The molecule has 0 atom stereocenters. The highest BCUT2D eigenvalue weighted by atomic mass is 35.5. The Balaban J connectivity index is 1.85. The molecule has 0 aliphatic carbocycles. The van der Waals surface area contributed by atoms with Crippen LogP contribution in [0, 0.1) is 6.92 Å². The van der Waals surface area contributed by atoms with Crippen molar-refractivity contribution in [1.82, 2.24) is 0 Å². The van der Waals surface area contributed by atoms with Crippen molar-refractivity contribution in [2.45, 2.75) is 17.6 Å². The first-order valence-corrected chi connectivity index (χ1v) is 7.79. The van der Waals surface area contributed by atoms with Gasteiger partial charge in [-0.05, 0) is 30.2 Å². The van der Waals surface area contributed by atoms with E-state index in [9.17, 15) is 9.59 Å². The zero-order chi connectivity index (χ0) is 15.0. The van der Waals surface area contributed by atoms with E-state index in [0.717, 1.165) is 10.6 Å². The van der Waals surface area contributed by atoms with E-state index in [-0.39, 0.29) is 0 Å². The number of aryl methyl sites for hydroxylation is 1. The molecule has 0 bridgehead atoms. The second kappa shape index (κ2) is 5.54. The molecule has 1 amide bonds. The Hall–Kier alpha value is -1.78. The first-order chi connectivity index (χ1) is 10.1. The quantitative estimate of drug-likeness (QED) is 0.685. The predicted octanol–water partition coefficient (Wildman–Crippen LogP) is 4.08. The van der Waals surface area contributed by atoms with Crippen LogP contribution >= 0.6 is 23.4 Å². The van der Waals surface area contributed by atoms with Crippen molar-refractivity contribution >= 4 is 40.7 Å². The van der Waals surface area contributed by atoms with Crippen LogP contribution in [0.25, 0.3) is 0 Å². The number of carbonyl (C=O) groups excluding carboxylic acids is 2. The number of hydrogen-bond donors (Lipinski definition) is 1. The summed E-state index contributed by atoms with van der Waals surface area (Å²) in [5.74, 6) is -0.336. The summed E-state index contributed by atoms with van der Waals surface area (Å²) in [5.41, 5.74) is 3.36. The Labute approximate surface area is 131 Å². The smallest absolute Gasteiger partial charge is 0.296 e. The van der Waals surface area contributed by atoms with Gasteiger partial charge >= 0.3 is 0 Å². The minimum Gasteiger partial charge on any atom is -0.318 e. The number of ketones is 1. The number of Topliss-reactive ketones (excluding diaryl/α,β-unsaturated/α-hetero) is 1. The molecule has 21 heavy (non-hydrogen) atoms. The maximum absolute atomic E-state index is 11.6. The van der Waals surface area contributed by atoms with E-state index in [0.29, 0.717) is 16.3 Å². The van der Waals surface area contributed by atoms with Crippen molar-refractivity contribution in [3.8, 4) is 0 Å². The van der Waals surface area contributed by atoms with Gasteiger partial charge in [0.05, 0.1) is 16.3 Å². The first-order valence-electron chi connectivity index (χ1n) is 6.43. The molecule has 2 aromatic rings. The lowest BCUT2D eigenvalue weighted by Crippen LogP contribution is -2.12. The Bertz CT molecular complexity index is 758. The maximum Gasteiger partial charge on any atom is 0.296 e. The van der Waals surface area contributed by atoms with Crippen LogP contribution in [0.4, 0.5) is 5.69 Å². The zero-order valence-electron chi connectivity index (χ0n) is 11.3. The lowest BCUT2D eigenvalue weighted by atomic mass is 10.1. The van der Waals surface area contributed by atoms with Crippen LogP contribution in [0.15, 0.2) is 41.3 Å². The molecule has 3 rings (SSSR count). The number of halogens is 1. The third-order valence-corrected chi connectivity index (χ3v) is 4.94. The van der Waals surface area contributed by atoms with Gasteiger partial charge in [0.1, 0.15) is 0 Å². The maximum atomic E-state index is 11.6. The van der Waals surface area contributed by atoms with Crippen molar-refractivity contribution < 1.29 is 9.59 Å². The van der Waals surface area contributed by atoms with E-state index in [4.69, 9.17) is 11.6 Å². The van der Waals surface area contributed by atoms with Crippen LogP contribution in [0.1, 0.15) is 21.5 Å². The van der Waals surface area contributed by atoms with Gasteiger partial charge in [-0.1, -0.05) is 35.9 Å². The number of benzene rings is 2. The number of nitrogens with one attached hydrogen (secondary N) is 1. The highest BCUT2D eigenvalue weighted by molar-refractivity contribution is 7.98. The summed E-state index contributed by atoms with van der Waals surface area (Å²) in [6.07, 6.45) is 0. The zero-order valence-corrected chi connectivity index (χ0v) is 12.8. The SMILES string of the molecule is Cc1ccccc1CSc1cc2c(cc1Cl)C(=O)C(=O)N2. The highest BCUT2D eigenvalue weighted by Crippen LogP contribution is 2.36. The minimum atomic E-state index is -0.595. The molecule has 1 aliphatic rings. The van der Waals surface area contributed by atoms with Gasteiger partial charge in [-0.3, -0.25) is 9.59 Å². The summed E-state index contributed by atoms with van der Waals surface area (Å²) < 4.78 is 0. The molecule has 0 saturated carbocycles. The number of amides is 1. The Morgan fingerprint density at radius 2 is 1.95 bits per heavy atom. The van der Waals surface area contributed by atoms with Gasteiger partial charge in [0.2, 0.25) is 0 Å². The molecular formula is C16H12ClNO2S. The van der Waals surface area contributed by atoms with Gasteiger partial charge in [-0.15, -0.1) is 11.8 Å². The molecule has 0 spiro atoms. The number of fused-ring (bicyclic) bond motifs is 1. The molecule has 0 radical (unpaired) electrons. The number of rotatable bonds is 3. The molecule has 0 unspecified atom stereocenters. The van der Waals surface area contributed by atoms with Crippen molar-refractivity contribution in [1.29, 1.82) is 0 Å². The van der Waals surface area contributed by atoms with Crippen LogP contribution in [0.5, 0.6) is 0 Å². The van der Waals surface area contributed by atoms with E-state index in [1.165, 1.54) is 11.1 Å². The summed E-state index contributed by atoms with van der Waals surface area (Å²) in [6, 6.07) is 11.5. The van der Waals surface area contributed by atoms with Crippen molar-refractivity contribution in [3.05, 3.63) is 58.1 Å². The Morgan fingerprint density at radius 3 is 2.71 bits per heavy atom. The lowest BCUT2D eigenvalue weighted by molar-refractivity contribution is -0.112. The molecule has 1 N–H and O–H groups in total. The van der Waals surface area contributed by atoms with Crippen molar-refractivity contribution in [2.24, 2.45) is 0 Å². The van der Waals surface area contributed by atoms with Crippen molar-refractivity contribution in [3.63, 3.8) is 0 Å². The van der Waals surface area contributed by atoms with Crippen LogP contribution in [0.2, 0.25) is 5.02 Å². The standard InChI is InChI=1S/C16H12ClNO2S/c1-9-4-2-3-5-10(9)8-21-14-7-13-11(6-12(14)17)15(19)16(20)18-13/h2-7H,8H2,1H3,(H,18,19,20). The predicted molar refractivity (Wildman–Crippen MR) is 85.2 cm³/mol. The van der Waals surface area contributed by atoms with Crippen LogP contribution in [-0.4, -0.2) is 11.7 Å². The van der Waals surface area contributed by atoms with E-state index >= 15 is 0 Å². The Morgan fingerprint density at radius 1 is 1.19 bits per heavy atom. The molecule has 5 heteroatoms. The monoisotopic (exact) mass is 317 g/mol. The number of thioether (sulfide) groups is 1. The topological polar surface area (TPSA) is 46.2 Å². The molecule has 0 saturated heterocycles. The summed E-state index contributed by atoms with van der Waals surface area (Å²) in [4.78, 5) is 23.8. The molecule has 3 nitrogen and oxygen atoms in total. The van der Waals surface area contributed by atoms with Crippen molar-refractivity contribution in [2.75, 3.05) is 5.32 Å². The van der Waals surface area contributed by atoms with E-state index < -0.39 is 11.7 Å².